The fourth-order valence-electron chi connectivity index (χ4n) is 3.33. The molecule has 2 N–H and O–H groups in total. The highest BCUT2D eigenvalue weighted by Gasteiger charge is 2.18. The van der Waals surface area contributed by atoms with Crippen molar-refractivity contribution in [1.82, 2.24) is 4.98 Å². The minimum absolute atomic E-state index is 0.0385. The van der Waals surface area contributed by atoms with E-state index in [9.17, 15) is 21.6 Å². The smallest absolute Gasteiger partial charge is 0.261 e. The van der Waals surface area contributed by atoms with Crippen LogP contribution in [-0.4, -0.2) is 40.5 Å². The Hall–Kier alpha value is -3.44. The molecular formula is C24H28N4O5S2. The Balaban J connectivity index is 1.57. The number of aromatic nitrogens is 1. The number of aryl methyl sites for hydroxylation is 2. The Kier molecular flexibility index (Phi) is 8.13. The summed E-state index contributed by atoms with van der Waals surface area (Å²) in [6.07, 6.45) is 4.49. The lowest BCUT2D eigenvalue weighted by Gasteiger charge is -2.23. The molecule has 0 spiro atoms. The average Bonchev–Trinajstić information content (AvgIpc) is 2.79. The van der Waals surface area contributed by atoms with Crippen LogP contribution < -0.4 is 14.3 Å². The fourth-order valence-corrected chi connectivity index (χ4v) is 5.33. The van der Waals surface area contributed by atoms with Crippen molar-refractivity contribution < 1.29 is 21.6 Å². The van der Waals surface area contributed by atoms with Crippen molar-refractivity contribution >= 4 is 43.0 Å². The molecule has 0 radical (unpaired) electrons. The van der Waals surface area contributed by atoms with Crippen LogP contribution in [0.2, 0.25) is 0 Å². The number of pyridine rings is 1. The number of rotatable bonds is 10. The molecule has 3 aromatic rings. The number of carbonyl (C=O) groups is 1. The quantitative estimate of drug-likeness (QED) is 0.423. The molecule has 0 bridgehead atoms. The molecule has 1 heterocycles. The first kappa shape index (κ1) is 26.2. The van der Waals surface area contributed by atoms with Crippen LogP contribution in [0.1, 0.15) is 24.0 Å². The standard InChI is InChI=1S/C24H28N4O5S2/c1-18-8-11-22(16-19(18)2)28(34(3,30)31)15-5-7-24(29)26-20-9-12-23(13-10-20)35(32,33)27-21-6-4-14-25-17-21/h4,6,8-14,16-17,27H,5,7,15H2,1-3H3,(H,26,29). The third kappa shape index (κ3) is 7.27. The molecule has 0 aliphatic carbocycles. The minimum atomic E-state index is -3.79. The Bertz CT molecular complexity index is 1390. The largest absolute Gasteiger partial charge is 0.326 e. The predicted molar refractivity (Wildman–Crippen MR) is 137 cm³/mol. The first-order chi connectivity index (χ1) is 16.5. The van der Waals surface area contributed by atoms with Crippen LogP contribution in [0.3, 0.4) is 0 Å². The third-order valence-corrected chi connectivity index (χ3v) is 7.90. The van der Waals surface area contributed by atoms with Gasteiger partial charge in [-0.1, -0.05) is 6.07 Å². The van der Waals surface area contributed by atoms with E-state index in [1.54, 1.807) is 18.2 Å². The van der Waals surface area contributed by atoms with Crippen LogP contribution in [0.5, 0.6) is 0 Å². The Labute approximate surface area is 206 Å². The molecule has 3 rings (SSSR count). The second-order valence-electron chi connectivity index (χ2n) is 8.13. The zero-order chi connectivity index (χ0) is 25.6. The molecule has 0 unspecified atom stereocenters. The summed E-state index contributed by atoms with van der Waals surface area (Å²) in [6.45, 7) is 4.03. The first-order valence-corrected chi connectivity index (χ1v) is 14.2. The van der Waals surface area contributed by atoms with Crippen LogP contribution in [0.4, 0.5) is 17.1 Å². The predicted octanol–water partition coefficient (Wildman–Crippen LogP) is 3.68. The van der Waals surface area contributed by atoms with Crippen LogP contribution in [0, 0.1) is 13.8 Å². The molecule has 2 aromatic carbocycles. The van der Waals surface area contributed by atoms with Gasteiger partial charge in [0.2, 0.25) is 15.9 Å². The van der Waals surface area contributed by atoms with Gasteiger partial charge < -0.3 is 5.32 Å². The summed E-state index contributed by atoms with van der Waals surface area (Å²) >= 11 is 0. The molecule has 0 saturated carbocycles. The van der Waals surface area contributed by atoms with E-state index in [1.165, 1.54) is 41.0 Å². The Morgan fingerprint density at radius 2 is 1.66 bits per heavy atom. The number of nitrogens with zero attached hydrogens (tertiary/aromatic N) is 2. The summed E-state index contributed by atoms with van der Waals surface area (Å²) in [5, 5.41) is 2.71. The summed E-state index contributed by atoms with van der Waals surface area (Å²) < 4.78 is 53.3. The van der Waals surface area contributed by atoms with Crippen molar-refractivity contribution in [2.24, 2.45) is 0 Å². The lowest BCUT2D eigenvalue weighted by Crippen LogP contribution is -2.31. The molecule has 0 fully saturated rings. The Morgan fingerprint density at radius 3 is 2.26 bits per heavy atom. The summed E-state index contributed by atoms with van der Waals surface area (Å²) in [5.74, 6) is -0.303. The maximum absolute atomic E-state index is 12.5. The molecule has 35 heavy (non-hydrogen) atoms. The van der Waals surface area contributed by atoms with Crippen LogP contribution in [0.15, 0.2) is 71.9 Å². The number of anilines is 3. The Morgan fingerprint density at radius 1 is 0.943 bits per heavy atom. The number of carbonyl (C=O) groups excluding carboxylic acids is 1. The molecule has 0 aliphatic heterocycles. The van der Waals surface area contributed by atoms with E-state index in [2.05, 4.69) is 15.0 Å². The van der Waals surface area contributed by atoms with Crippen LogP contribution in [0.25, 0.3) is 0 Å². The van der Waals surface area contributed by atoms with E-state index in [0.717, 1.165) is 17.4 Å². The zero-order valence-electron chi connectivity index (χ0n) is 19.7. The fraction of sp³-hybridized carbons (Fsp3) is 0.250. The molecule has 0 saturated heterocycles. The number of nitrogens with one attached hydrogen (secondary N) is 2. The van der Waals surface area contributed by atoms with Crippen molar-refractivity contribution in [3.8, 4) is 0 Å². The van der Waals surface area contributed by atoms with Gasteiger partial charge in [0, 0.05) is 24.8 Å². The second kappa shape index (κ2) is 10.9. The van der Waals surface area contributed by atoms with Crippen molar-refractivity contribution in [2.45, 2.75) is 31.6 Å². The monoisotopic (exact) mass is 516 g/mol. The van der Waals surface area contributed by atoms with Crippen molar-refractivity contribution in [1.29, 1.82) is 0 Å². The molecule has 11 heteroatoms. The van der Waals surface area contributed by atoms with E-state index < -0.39 is 20.0 Å². The maximum atomic E-state index is 12.5. The molecule has 0 atom stereocenters. The molecular weight excluding hydrogens is 488 g/mol. The van der Waals surface area contributed by atoms with Gasteiger partial charge in [0.05, 0.1) is 28.7 Å². The van der Waals surface area contributed by atoms with Crippen molar-refractivity contribution in [3.05, 3.63) is 78.1 Å². The van der Waals surface area contributed by atoms with E-state index >= 15 is 0 Å². The minimum Gasteiger partial charge on any atom is -0.326 e. The average molecular weight is 517 g/mol. The van der Waals surface area contributed by atoms with E-state index in [-0.39, 0.29) is 23.8 Å². The van der Waals surface area contributed by atoms with Gasteiger partial charge in [0.25, 0.3) is 10.0 Å². The van der Waals surface area contributed by atoms with Gasteiger partial charge in [-0.15, -0.1) is 0 Å². The van der Waals surface area contributed by atoms with Crippen molar-refractivity contribution in [2.75, 3.05) is 27.1 Å². The lowest BCUT2D eigenvalue weighted by molar-refractivity contribution is -0.116. The third-order valence-electron chi connectivity index (χ3n) is 5.31. The highest BCUT2D eigenvalue weighted by Crippen LogP contribution is 2.22. The van der Waals surface area contributed by atoms with Gasteiger partial charge in [-0.25, -0.2) is 16.8 Å². The number of benzene rings is 2. The van der Waals surface area contributed by atoms with E-state index in [1.807, 2.05) is 26.0 Å². The van der Waals surface area contributed by atoms with Crippen LogP contribution in [-0.2, 0) is 24.8 Å². The molecule has 186 valence electrons. The van der Waals surface area contributed by atoms with Gasteiger partial charge in [-0.05, 0) is 79.9 Å². The molecule has 9 nitrogen and oxygen atoms in total. The number of sulfonamides is 2. The van der Waals surface area contributed by atoms with Crippen molar-refractivity contribution in [3.63, 3.8) is 0 Å². The first-order valence-electron chi connectivity index (χ1n) is 10.8. The van der Waals surface area contributed by atoms with Crippen LogP contribution >= 0.6 is 0 Å². The van der Waals surface area contributed by atoms with E-state index in [4.69, 9.17) is 0 Å². The van der Waals surface area contributed by atoms with Gasteiger partial charge in [-0.2, -0.15) is 0 Å². The van der Waals surface area contributed by atoms with Gasteiger partial charge in [0.1, 0.15) is 0 Å². The number of hydrogen-bond acceptors (Lipinski definition) is 6. The molecule has 1 aromatic heterocycles. The summed E-state index contributed by atoms with van der Waals surface area (Å²) in [5.41, 5.74) is 3.38. The van der Waals surface area contributed by atoms with E-state index in [0.29, 0.717) is 23.5 Å². The summed E-state index contributed by atoms with van der Waals surface area (Å²) in [7, 11) is -7.30. The highest BCUT2D eigenvalue weighted by atomic mass is 32.2. The SMILES string of the molecule is Cc1ccc(N(CCCC(=O)Nc2ccc(S(=O)(=O)Nc3cccnc3)cc2)S(C)(=O)=O)cc1C. The van der Waals surface area contributed by atoms with Gasteiger partial charge in [-0.3, -0.25) is 18.8 Å². The zero-order valence-corrected chi connectivity index (χ0v) is 21.4. The van der Waals surface area contributed by atoms with Gasteiger partial charge >= 0.3 is 0 Å². The molecule has 1 amide bonds. The maximum Gasteiger partial charge on any atom is 0.261 e. The highest BCUT2D eigenvalue weighted by molar-refractivity contribution is 7.92. The summed E-state index contributed by atoms with van der Waals surface area (Å²) in [6, 6.07) is 14.4. The number of amides is 1. The normalized spacial score (nSPS) is 11.6. The van der Waals surface area contributed by atoms with Gasteiger partial charge in [0.15, 0.2) is 0 Å². The topological polar surface area (TPSA) is 126 Å². The second-order valence-corrected chi connectivity index (χ2v) is 11.7. The summed E-state index contributed by atoms with van der Waals surface area (Å²) in [4.78, 5) is 16.3. The lowest BCUT2D eigenvalue weighted by atomic mass is 10.1. The molecule has 0 aliphatic rings. The number of hydrogen-bond donors (Lipinski definition) is 2.